The molecule has 1 aromatic heterocycles. The highest BCUT2D eigenvalue weighted by molar-refractivity contribution is 7.99. The van der Waals surface area contributed by atoms with Crippen LogP contribution in [0, 0.1) is 5.82 Å². The number of aromatic amines is 1. The Labute approximate surface area is 143 Å². The van der Waals surface area contributed by atoms with E-state index in [1.165, 1.54) is 17.8 Å². The summed E-state index contributed by atoms with van der Waals surface area (Å²) >= 11 is 1.50. The van der Waals surface area contributed by atoms with Gasteiger partial charge in [0.2, 0.25) is 0 Å². The number of carbonyl (C=O) groups is 1. The van der Waals surface area contributed by atoms with Crippen LogP contribution >= 0.6 is 11.8 Å². The monoisotopic (exact) mass is 343 g/mol. The van der Waals surface area contributed by atoms with Gasteiger partial charge in [-0.05, 0) is 30.3 Å². The Morgan fingerprint density at radius 1 is 1.21 bits per heavy atom. The third-order valence-corrected chi connectivity index (χ3v) is 5.01. The zero-order valence-corrected chi connectivity index (χ0v) is 13.0. The normalized spacial score (nSPS) is 12.3. The molecular formula is C18H18FN3OS. The van der Waals surface area contributed by atoms with Crippen LogP contribution in [0.4, 0.5) is 10.1 Å². The Bertz CT molecular complexity index is 922. The Morgan fingerprint density at radius 3 is 2.75 bits per heavy atom. The lowest BCUT2D eigenvalue weighted by Gasteiger charge is -2.12. The zero-order chi connectivity index (χ0) is 16.0. The van der Waals surface area contributed by atoms with Crippen molar-refractivity contribution in [2.75, 3.05) is 17.6 Å². The molecule has 0 spiro atoms. The topological polar surface area (TPSA) is 70.9 Å². The average Bonchev–Trinajstić information content (AvgIpc) is 3.18. The van der Waals surface area contributed by atoms with Crippen molar-refractivity contribution in [1.82, 2.24) is 4.98 Å². The van der Waals surface area contributed by atoms with E-state index in [4.69, 9.17) is 5.73 Å². The molecule has 0 atom stereocenters. The van der Waals surface area contributed by atoms with Gasteiger partial charge in [0.15, 0.2) is 0 Å². The van der Waals surface area contributed by atoms with Gasteiger partial charge in [0.05, 0.1) is 5.56 Å². The van der Waals surface area contributed by atoms with Gasteiger partial charge >= 0.3 is 0 Å². The third-order valence-electron chi connectivity index (χ3n) is 3.93. The maximum absolute atomic E-state index is 14.5. The van der Waals surface area contributed by atoms with E-state index in [0.29, 0.717) is 34.3 Å². The number of hydrogen-bond acceptors (Lipinski definition) is 3. The summed E-state index contributed by atoms with van der Waals surface area (Å²) in [5.41, 5.74) is 8.40. The van der Waals surface area contributed by atoms with Crippen molar-refractivity contribution in [1.29, 1.82) is 0 Å². The summed E-state index contributed by atoms with van der Waals surface area (Å²) in [6.45, 7) is 0.504. The number of hydrogen-bond donors (Lipinski definition) is 3. The van der Waals surface area contributed by atoms with Crippen LogP contribution in [-0.4, -0.2) is 23.2 Å². The van der Waals surface area contributed by atoms with Crippen LogP contribution in [0.1, 0.15) is 17.8 Å². The molecule has 0 aliphatic carbocycles. The highest BCUT2D eigenvalue weighted by Crippen LogP contribution is 2.44. The Kier molecular flexibility index (Phi) is 4.34. The number of rotatable bonds is 4. The molecule has 6 heteroatoms. The van der Waals surface area contributed by atoms with Gasteiger partial charge in [-0.3, -0.25) is 4.79 Å². The van der Waals surface area contributed by atoms with E-state index in [2.05, 4.69) is 10.3 Å². The molecule has 124 valence electrons. The lowest BCUT2D eigenvalue weighted by Crippen LogP contribution is -2.06. The molecule has 4 N–H and O–H groups in total. The average molecular weight is 343 g/mol. The number of H-pyrrole nitrogens is 1. The van der Waals surface area contributed by atoms with Crippen LogP contribution in [0.5, 0.6) is 0 Å². The molecule has 4 rings (SSSR count). The summed E-state index contributed by atoms with van der Waals surface area (Å²) in [5.74, 6) is 0.165. The van der Waals surface area contributed by atoms with E-state index < -0.39 is 0 Å². The summed E-state index contributed by atoms with van der Waals surface area (Å²) in [5, 5.41) is 3.98. The van der Waals surface area contributed by atoms with E-state index in [9.17, 15) is 9.18 Å². The highest BCUT2D eigenvalue weighted by Gasteiger charge is 2.29. The van der Waals surface area contributed by atoms with Crippen molar-refractivity contribution >= 4 is 34.1 Å². The van der Waals surface area contributed by atoms with Gasteiger partial charge in [0, 0.05) is 51.1 Å². The first-order chi connectivity index (χ1) is 11.2. The fourth-order valence-corrected chi connectivity index (χ4v) is 3.89. The van der Waals surface area contributed by atoms with Crippen molar-refractivity contribution in [3.8, 4) is 11.3 Å². The fraction of sp³-hybridized carbons (Fsp3) is 0.167. The largest absolute Gasteiger partial charge is 0.361 e. The number of carbonyl (C=O) groups excluding carboxylic acids is 1. The summed E-state index contributed by atoms with van der Waals surface area (Å²) < 4.78 is 14.5. The number of thioether (sulfide) groups is 1. The molecular weight excluding hydrogens is 325 g/mol. The predicted octanol–water partition coefficient (Wildman–Crippen LogP) is 4.23. The van der Waals surface area contributed by atoms with Crippen LogP contribution < -0.4 is 11.1 Å². The number of aromatic nitrogens is 1. The van der Waals surface area contributed by atoms with Gasteiger partial charge in [-0.25, -0.2) is 4.39 Å². The molecule has 1 aliphatic rings. The summed E-state index contributed by atoms with van der Waals surface area (Å²) in [4.78, 5) is 16.4. The first-order valence-electron chi connectivity index (χ1n) is 7.28. The van der Waals surface area contributed by atoms with E-state index in [1.54, 1.807) is 12.3 Å². The molecule has 0 fully saturated rings. The Balaban J connectivity index is 0.00000169. The minimum absolute atomic E-state index is 0. The third kappa shape index (κ3) is 2.39. The first-order valence-corrected chi connectivity index (χ1v) is 8.26. The number of anilines is 1. The maximum atomic E-state index is 14.5. The van der Waals surface area contributed by atoms with Gasteiger partial charge in [-0.1, -0.05) is 7.43 Å². The molecule has 2 heterocycles. The molecule has 0 unspecified atom stereocenters. The first kappa shape index (κ1) is 16.5. The quantitative estimate of drug-likeness (QED) is 0.621. The number of nitrogens with one attached hydrogen (secondary N) is 2. The van der Waals surface area contributed by atoms with Gasteiger partial charge in [-0.15, -0.1) is 11.8 Å². The van der Waals surface area contributed by atoms with Crippen LogP contribution in [0.15, 0.2) is 41.4 Å². The van der Waals surface area contributed by atoms with Crippen molar-refractivity contribution < 1.29 is 9.18 Å². The standard InChI is InChI=1S/C17H14FN3OS.CH4/c18-10-3-4-12-16-14(17(22)21-12)9(11-2-1-6-20-11)8-13(15(10)16)23-7-5-19;/h1-4,6,8,20H,5,7,19H2,(H,21,22);1H4. The summed E-state index contributed by atoms with van der Waals surface area (Å²) in [6, 6.07) is 8.66. The van der Waals surface area contributed by atoms with E-state index >= 15 is 0 Å². The van der Waals surface area contributed by atoms with E-state index in [1.807, 2.05) is 18.2 Å². The van der Waals surface area contributed by atoms with E-state index in [0.717, 1.165) is 16.2 Å². The SMILES string of the molecule is C.NCCSc1cc(-c2ccc[nH]2)c2c3c(ccc(F)c13)NC2=O. The molecule has 3 aromatic rings. The summed E-state index contributed by atoms with van der Waals surface area (Å²) in [7, 11) is 0. The fourth-order valence-electron chi connectivity index (χ4n) is 3.01. The molecule has 2 aromatic carbocycles. The summed E-state index contributed by atoms with van der Waals surface area (Å²) in [6.07, 6.45) is 1.80. The van der Waals surface area contributed by atoms with E-state index in [-0.39, 0.29) is 19.2 Å². The maximum Gasteiger partial charge on any atom is 0.257 e. The molecule has 1 aliphatic heterocycles. The molecule has 24 heavy (non-hydrogen) atoms. The number of halogens is 1. The molecule has 1 amide bonds. The molecule has 0 saturated carbocycles. The lowest BCUT2D eigenvalue weighted by molar-refractivity contribution is 0.103. The predicted molar refractivity (Wildman–Crippen MR) is 98.2 cm³/mol. The second-order valence-corrected chi connectivity index (χ2v) is 6.45. The minimum atomic E-state index is -0.320. The molecule has 4 nitrogen and oxygen atoms in total. The Morgan fingerprint density at radius 2 is 2.04 bits per heavy atom. The van der Waals surface area contributed by atoms with Gasteiger partial charge < -0.3 is 16.0 Å². The van der Waals surface area contributed by atoms with Crippen molar-refractivity contribution in [3.63, 3.8) is 0 Å². The number of amides is 1. The highest BCUT2D eigenvalue weighted by atomic mass is 32.2. The lowest BCUT2D eigenvalue weighted by atomic mass is 9.97. The van der Waals surface area contributed by atoms with Gasteiger partial charge in [0.1, 0.15) is 5.82 Å². The van der Waals surface area contributed by atoms with Crippen LogP contribution in [0.25, 0.3) is 22.0 Å². The second-order valence-electron chi connectivity index (χ2n) is 5.32. The minimum Gasteiger partial charge on any atom is -0.361 e. The Hall–Kier alpha value is -2.31. The molecule has 0 bridgehead atoms. The number of benzene rings is 2. The van der Waals surface area contributed by atoms with Crippen molar-refractivity contribution in [2.24, 2.45) is 5.73 Å². The molecule has 0 saturated heterocycles. The van der Waals surface area contributed by atoms with Gasteiger partial charge in [0.25, 0.3) is 5.91 Å². The van der Waals surface area contributed by atoms with Crippen LogP contribution in [-0.2, 0) is 0 Å². The number of nitrogens with two attached hydrogens (primary N) is 1. The zero-order valence-electron chi connectivity index (χ0n) is 12.2. The smallest absolute Gasteiger partial charge is 0.257 e. The van der Waals surface area contributed by atoms with Gasteiger partial charge in [-0.2, -0.15) is 0 Å². The molecule has 0 radical (unpaired) electrons. The second kappa shape index (κ2) is 6.30. The van der Waals surface area contributed by atoms with Crippen molar-refractivity contribution in [2.45, 2.75) is 12.3 Å². The van der Waals surface area contributed by atoms with Crippen molar-refractivity contribution in [3.05, 3.63) is 47.9 Å². The van der Waals surface area contributed by atoms with Crippen LogP contribution in [0.3, 0.4) is 0 Å². The van der Waals surface area contributed by atoms with Crippen LogP contribution in [0.2, 0.25) is 0 Å².